The van der Waals surface area contributed by atoms with Crippen LogP contribution in [0.1, 0.15) is 17.2 Å². The molecule has 0 radical (unpaired) electrons. The van der Waals surface area contributed by atoms with Crippen molar-refractivity contribution < 1.29 is 4.79 Å². The Kier molecular flexibility index (Phi) is 5.82. The molecule has 6 heteroatoms. The van der Waals surface area contributed by atoms with E-state index >= 15 is 0 Å². The van der Waals surface area contributed by atoms with Crippen molar-refractivity contribution in [2.24, 2.45) is 0 Å². The van der Waals surface area contributed by atoms with Gasteiger partial charge >= 0.3 is 0 Å². The minimum absolute atomic E-state index is 0.226. The molecule has 26 heavy (non-hydrogen) atoms. The van der Waals surface area contributed by atoms with Gasteiger partial charge in [-0.2, -0.15) is 11.8 Å². The third-order valence-electron chi connectivity index (χ3n) is 4.46. The number of carbonyl (C=O) groups excluding carboxylic acids is 1. The molecule has 1 aliphatic rings. The second kappa shape index (κ2) is 8.46. The van der Waals surface area contributed by atoms with E-state index in [1.54, 1.807) is 23.1 Å². The van der Waals surface area contributed by atoms with E-state index in [0.717, 1.165) is 35.1 Å². The number of hydrogen-bond donors (Lipinski definition) is 0. The van der Waals surface area contributed by atoms with E-state index in [-0.39, 0.29) is 5.91 Å². The number of benzene rings is 2. The molecule has 1 saturated heterocycles. The predicted molar refractivity (Wildman–Crippen MR) is 113 cm³/mol. The third kappa shape index (κ3) is 4.24. The Labute approximate surface area is 166 Å². The van der Waals surface area contributed by atoms with Gasteiger partial charge in [-0.25, -0.2) is 4.98 Å². The SMILES string of the molecule is O=C(CSc1nc2ccccc2s1)N1CCSC(c2ccccc2)CC1. The fourth-order valence-electron chi connectivity index (χ4n) is 3.08. The van der Waals surface area contributed by atoms with Crippen molar-refractivity contribution in [1.29, 1.82) is 0 Å². The molecule has 4 rings (SSSR count). The van der Waals surface area contributed by atoms with E-state index in [4.69, 9.17) is 0 Å². The van der Waals surface area contributed by atoms with Gasteiger partial charge in [-0.3, -0.25) is 4.79 Å². The summed E-state index contributed by atoms with van der Waals surface area (Å²) in [5, 5.41) is 0.492. The van der Waals surface area contributed by atoms with Crippen molar-refractivity contribution >= 4 is 51.0 Å². The van der Waals surface area contributed by atoms with Crippen LogP contribution in [0.4, 0.5) is 0 Å². The fourth-order valence-corrected chi connectivity index (χ4v) is 6.28. The zero-order valence-corrected chi connectivity index (χ0v) is 16.8. The summed E-state index contributed by atoms with van der Waals surface area (Å²) in [6, 6.07) is 18.8. The van der Waals surface area contributed by atoms with Crippen molar-refractivity contribution in [2.75, 3.05) is 24.6 Å². The molecule has 0 N–H and O–H groups in total. The molecule has 0 aliphatic carbocycles. The third-order valence-corrected chi connectivity index (χ3v) is 7.95. The van der Waals surface area contributed by atoms with E-state index in [9.17, 15) is 4.79 Å². The van der Waals surface area contributed by atoms with E-state index in [1.165, 1.54) is 10.3 Å². The number of thioether (sulfide) groups is 2. The average Bonchev–Trinajstić information content (AvgIpc) is 2.94. The highest BCUT2D eigenvalue weighted by Gasteiger charge is 2.22. The standard InChI is InChI=1S/C20H20N2OS3/c23-19(14-25-20-21-16-8-4-5-9-18(16)26-20)22-11-10-17(24-13-12-22)15-6-2-1-3-7-15/h1-9,17H,10-14H2. The Morgan fingerprint density at radius 1 is 1.12 bits per heavy atom. The number of fused-ring (bicyclic) bond motifs is 1. The highest BCUT2D eigenvalue weighted by atomic mass is 32.2. The molecule has 1 fully saturated rings. The molecule has 134 valence electrons. The average molecular weight is 401 g/mol. The topological polar surface area (TPSA) is 33.2 Å². The van der Waals surface area contributed by atoms with Gasteiger partial charge in [0.1, 0.15) is 0 Å². The maximum Gasteiger partial charge on any atom is 0.233 e. The normalized spacial score (nSPS) is 18.0. The van der Waals surface area contributed by atoms with Crippen LogP contribution in [0.2, 0.25) is 0 Å². The number of thiazole rings is 1. The summed E-state index contributed by atoms with van der Waals surface area (Å²) < 4.78 is 2.16. The van der Waals surface area contributed by atoms with Gasteiger partial charge in [0.15, 0.2) is 4.34 Å². The van der Waals surface area contributed by atoms with Crippen LogP contribution in [-0.4, -0.2) is 40.4 Å². The van der Waals surface area contributed by atoms with E-state index < -0.39 is 0 Å². The molecule has 0 spiro atoms. The van der Waals surface area contributed by atoms with Gasteiger partial charge in [-0.15, -0.1) is 11.3 Å². The first-order chi connectivity index (χ1) is 12.8. The number of carbonyl (C=O) groups is 1. The van der Waals surface area contributed by atoms with Gasteiger partial charge in [-0.05, 0) is 24.1 Å². The molecule has 0 saturated carbocycles. The van der Waals surface area contributed by atoms with Crippen LogP contribution in [0, 0.1) is 0 Å². The molecular weight excluding hydrogens is 380 g/mol. The van der Waals surface area contributed by atoms with Crippen molar-refractivity contribution in [3.8, 4) is 0 Å². The number of nitrogens with zero attached hydrogens (tertiary/aromatic N) is 2. The van der Waals surface area contributed by atoms with Gasteiger partial charge < -0.3 is 4.90 Å². The van der Waals surface area contributed by atoms with Crippen LogP contribution < -0.4 is 0 Å². The monoisotopic (exact) mass is 400 g/mol. The Bertz CT molecular complexity index is 848. The van der Waals surface area contributed by atoms with Crippen LogP contribution in [0.15, 0.2) is 58.9 Å². The summed E-state index contributed by atoms with van der Waals surface area (Å²) in [4.78, 5) is 19.3. The van der Waals surface area contributed by atoms with E-state index in [1.807, 2.05) is 34.9 Å². The summed E-state index contributed by atoms with van der Waals surface area (Å²) in [6.07, 6.45) is 1.02. The molecule has 1 amide bonds. The minimum atomic E-state index is 0.226. The molecule has 1 aliphatic heterocycles. The van der Waals surface area contributed by atoms with Crippen molar-refractivity contribution in [1.82, 2.24) is 9.88 Å². The van der Waals surface area contributed by atoms with Crippen LogP contribution in [0.25, 0.3) is 10.2 Å². The van der Waals surface area contributed by atoms with Gasteiger partial charge in [0.05, 0.1) is 16.0 Å². The van der Waals surface area contributed by atoms with E-state index in [2.05, 4.69) is 41.4 Å². The second-order valence-electron chi connectivity index (χ2n) is 6.18. The Morgan fingerprint density at radius 2 is 1.92 bits per heavy atom. The molecular formula is C20H20N2OS3. The van der Waals surface area contributed by atoms with Crippen LogP contribution in [-0.2, 0) is 4.79 Å². The first kappa shape index (κ1) is 17.9. The Hall–Kier alpha value is -1.50. The zero-order valence-electron chi connectivity index (χ0n) is 14.3. The van der Waals surface area contributed by atoms with E-state index in [0.29, 0.717) is 11.0 Å². The van der Waals surface area contributed by atoms with Crippen LogP contribution in [0.3, 0.4) is 0 Å². The number of amides is 1. The lowest BCUT2D eigenvalue weighted by atomic mass is 10.1. The number of hydrogen-bond acceptors (Lipinski definition) is 5. The number of aromatic nitrogens is 1. The van der Waals surface area contributed by atoms with Crippen molar-refractivity contribution in [3.05, 3.63) is 60.2 Å². The van der Waals surface area contributed by atoms with Crippen molar-refractivity contribution in [2.45, 2.75) is 16.0 Å². The molecule has 2 heterocycles. The molecule has 3 aromatic rings. The lowest BCUT2D eigenvalue weighted by molar-refractivity contribution is -0.128. The molecule has 3 nitrogen and oxygen atoms in total. The zero-order chi connectivity index (χ0) is 17.8. The minimum Gasteiger partial charge on any atom is -0.341 e. The Morgan fingerprint density at radius 3 is 2.77 bits per heavy atom. The molecule has 1 atom stereocenters. The van der Waals surface area contributed by atoms with Gasteiger partial charge in [0.25, 0.3) is 0 Å². The summed E-state index contributed by atoms with van der Waals surface area (Å²) in [7, 11) is 0. The van der Waals surface area contributed by atoms with Gasteiger partial charge in [-0.1, -0.05) is 54.2 Å². The summed E-state index contributed by atoms with van der Waals surface area (Å²) in [6.45, 7) is 1.68. The lowest BCUT2D eigenvalue weighted by Crippen LogP contribution is -2.34. The first-order valence-electron chi connectivity index (χ1n) is 8.72. The highest BCUT2D eigenvalue weighted by molar-refractivity contribution is 8.01. The summed E-state index contributed by atoms with van der Waals surface area (Å²) in [5.74, 6) is 1.70. The molecule has 1 aromatic heterocycles. The quantitative estimate of drug-likeness (QED) is 0.571. The first-order valence-corrected chi connectivity index (χ1v) is 11.6. The number of para-hydroxylation sites is 1. The molecule has 0 bridgehead atoms. The molecule has 2 aromatic carbocycles. The smallest absolute Gasteiger partial charge is 0.233 e. The van der Waals surface area contributed by atoms with Crippen molar-refractivity contribution in [3.63, 3.8) is 0 Å². The second-order valence-corrected chi connectivity index (χ2v) is 9.74. The largest absolute Gasteiger partial charge is 0.341 e. The Balaban J connectivity index is 1.33. The van der Waals surface area contributed by atoms with Crippen LogP contribution in [0.5, 0.6) is 0 Å². The van der Waals surface area contributed by atoms with Crippen LogP contribution >= 0.6 is 34.9 Å². The number of rotatable bonds is 4. The lowest BCUT2D eigenvalue weighted by Gasteiger charge is -2.20. The maximum atomic E-state index is 12.7. The molecule has 1 unspecified atom stereocenters. The maximum absolute atomic E-state index is 12.7. The van der Waals surface area contributed by atoms with Gasteiger partial charge in [0, 0.05) is 24.1 Å². The fraction of sp³-hybridized carbons (Fsp3) is 0.300. The van der Waals surface area contributed by atoms with Gasteiger partial charge in [0.2, 0.25) is 5.91 Å². The highest BCUT2D eigenvalue weighted by Crippen LogP contribution is 2.34. The summed E-state index contributed by atoms with van der Waals surface area (Å²) >= 11 is 5.19. The summed E-state index contributed by atoms with van der Waals surface area (Å²) in [5.41, 5.74) is 2.39. The predicted octanol–water partition coefficient (Wildman–Crippen LogP) is 5.10.